The van der Waals surface area contributed by atoms with Gasteiger partial charge >= 0.3 is 0 Å². The molecule has 1 aliphatic heterocycles. The number of hydrogen-bond donors (Lipinski definition) is 6. The third-order valence-electron chi connectivity index (χ3n) is 13.3. The minimum atomic E-state index is -1.59. The van der Waals surface area contributed by atoms with Gasteiger partial charge in [0.25, 0.3) is 0 Å². The molecular weight excluding hydrogens is 971 g/mol. The Morgan fingerprint density at radius 3 is 1.23 bits per heavy atom. The summed E-state index contributed by atoms with van der Waals surface area (Å²) in [6, 6.07) is -0.865. The Morgan fingerprint density at radius 1 is 0.449 bits per heavy atom. The fraction of sp³-hybridized carbons (Fsp3) is 0.609. The molecule has 1 aliphatic rings. The molecule has 0 bridgehead atoms. The van der Waals surface area contributed by atoms with Crippen LogP contribution >= 0.6 is 0 Å². The molecule has 9 heteroatoms. The summed E-state index contributed by atoms with van der Waals surface area (Å²) in [5.74, 6) is -0.240. The van der Waals surface area contributed by atoms with E-state index < -0.39 is 49.5 Å². The highest BCUT2D eigenvalue weighted by atomic mass is 16.7. The normalized spacial score (nSPS) is 19.8. The van der Waals surface area contributed by atoms with Gasteiger partial charge in [0.1, 0.15) is 24.4 Å². The van der Waals surface area contributed by atoms with Gasteiger partial charge in [-0.1, -0.05) is 242 Å². The van der Waals surface area contributed by atoms with E-state index >= 15 is 0 Å². The Labute approximate surface area is 475 Å². The number of unbranched alkanes of at least 4 members (excludes halogenated alkanes) is 16. The summed E-state index contributed by atoms with van der Waals surface area (Å²) in [6.45, 7) is 3.61. The predicted molar refractivity (Wildman–Crippen MR) is 331 cm³/mol. The lowest BCUT2D eigenvalue weighted by atomic mass is 9.99. The molecule has 0 aromatic heterocycles. The molecule has 0 spiro atoms. The second-order valence-corrected chi connectivity index (χ2v) is 20.4. The number of nitrogens with one attached hydrogen (secondary N) is 1. The summed E-state index contributed by atoms with van der Waals surface area (Å²) >= 11 is 0. The molecule has 0 radical (unpaired) electrons. The van der Waals surface area contributed by atoms with Crippen molar-refractivity contribution in [3.8, 4) is 0 Å². The van der Waals surface area contributed by atoms with Gasteiger partial charge in [-0.25, -0.2) is 0 Å². The number of allylic oxidation sites excluding steroid dienone is 25. The summed E-state index contributed by atoms with van der Waals surface area (Å²) in [5, 5.41) is 54.5. The molecule has 1 rings (SSSR count). The molecule has 1 fully saturated rings. The zero-order chi connectivity index (χ0) is 56.5. The lowest BCUT2D eigenvalue weighted by Gasteiger charge is -2.40. The van der Waals surface area contributed by atoms with Crippen LogP contribution in [0.5, 0.6) is 0 Å². The van der Waals surface area contributed by atoms with Gasteiger partial charge in [0, 0.05) is 6.42 Å². The van der Waals surface area contributed by atoms with Crippen LogP contribution in [0, 0.1) is 0 Å². The number of hydrogen-bond acceptors (Lipinski definition) is 8. The molecule has 9 nitrogen and oxygen atoms in total. The number of rotatable bonds is 50. The molecular formula is C69H111NO8. The van der Waals surface area contributed by atoms with Crippen LogP contribution in [0.2, 0.25) is 0 Å². The van der Waals surface area contributed by atoms with Crippen molar-refractivity contribution in [2.24, 2.45) is 0 Å². The highest BCUT2D eigenvalue weighted by molar-refractivity contribution is 5.76. The zero-order valence-electron chi connectivity index (χ0n) is 48.8. The van der Waals surface area contributed by atoms with Crippen molar-refractivity contribution in [2.45, 2.75) is 256 Å². The minimum absolute atomic E-state index is 0.235. The summed E-state index contributed by atoms with van der Waals surface area (Å²) < 4.78 is 11.2. The van der Waals surface area contributed by atoms with Crippen LogP contribution < -0.4 is 5.32 Å². The van der Waals surface area contributed by atoms with Crippen LogP contribution in [0.25, 0.3) is 0 Å². The average molecular weight is 1080 g/mol. The van der Waals surface area contributed by atoms with Crippen molar-refractivity contribution in [1.82, 2.24) is 5.32 Å². The Hall–Kier alpha value is -4.19. The first-order chi connectivity index (χ1) is 38.3. The van der Waals surface area contributed by atoms with Gasteiger partial charge in [0.2, 0.25) is 5.91 Å². The topological polar surface area (TPSA) is 149 Å². The van der Waals surface area contributed by atoms with Crippen molar-refractivity contribution >= 4 is 5.91 Å². The van der Waals surface area contributed by atoms with Gasteiger partial charge in [0.05, 0.1) is 25.4 Å². The van der Waals surface area contributed by atoms with Crippen molar-refractivity contribution in [2.75, 3.05) is 13.2 Å². The maximum atomic E-state index is 13.1. The van der Waals surface area contributed by atoms with Crippen LogP contribution in [0.15, 0.2) is 158 Å². The Bertz CT molecular complexity index is 1780. The summed E-state index contributed by atoms with van der Waals surface area (Å²) in [5.41, 5.74) is 0. The summed E-state index contributed by atoms with van der Waals surface area (Å²) in [4.78, 5) is 13.1. The average Bonchev–Trinajstić information content (AvgIpc) is 3.45. The van der Waals surface area contributed by atoms with E-state index in [1.807, 2.05) is 6.08 Å². The predicted octanol–water partition coefficient (Wildman–Crippen LogP) is 16.0. The fourth-order valence-electron chi connectivity index (χ4n) is 8.51. The summed E-state index contributed by atoms with van der Waals surface area (Å²) in [7, 11) is 0. The number of carbonyl (C=O) groups excluding carboxylic acids is 1. The Kier molecular flexibility index (Phi) is 51.7. The van der Waals surface area contributed by atoms with E-state index in [9.17, 15) is 30.3 Å². The second-order valence-electron chi connectivity index (χ2n) is 20.4. The van der Waals surface area contributed by atoms with E-state index in [0.29, 0.717) is 12.8 Å². The molecule has 0 aromatic carbocycles. The van der Waals surface area contributed by atoms with E-state index in [-0.39, 0.29) is 18.9 Å². The standard InChI is InChI=1S/C69H111NO8/c1-3-5-7-9-11-13-15-17-19-21-23-25-27-28-29-30-31-32-33-34-35-36-37-39-41-43-45-47-49-51-53-55-57-59-65(73)70-62(61-77-69-68(76)67(75)66(74)64(60-71)78-69)63(72)58-56-54-52-50-48-46-44-42-40-38-26-24-22-20-18-16-14-12-10-8-6-4-2/h5,7,11,13,17,19,23,25,28-29,31-32,34-35,37,39-40,42-43,45,48-51,56,58,62-64,66-69,71-72,74-76H,3-4,6,8-10,12,14-16,18,20-22,24,26-27,30,33,36,38,41,44,46-47,52-55,57,59-61H2,1-2H3,(H,70,73)/b7-5-,13-11-,19-17-,25-23-,29-28-,32-31-,35-34-,39-37-,42-40+,45-43-,50-48+,51-49-,58-56+. The molecule has 7 unspecified atom stereocenters. The lowest BCUT2D eigenvalue weighted by molar-refractivity contribution is -0.302. The number of ether oxygens (including phenoxy) is 2. The molecule has 6 N–H and O–H groups in total. The van der Waals surface area contributed by atoms with Crippen molar-refractivity contribution in [3.63, 3.8) is 0 Å². The van der Waals surface area contributed by atoms with Gasteiger partial charge in [-0.2, -0.15) is 0 Å². The number of amides is 1. The third-order valence-corrected chi connectivity index (χ3v) is 13.3. The van der Waals surface area contributed by atoms with E-state index in [1.54, 1.807) is 6.08 Å². The van der Waals surface area contributed by atoms with Gasteiger partial charge < -0.3 is 40.3 Å². The second kappa shape index (κ2) is 56.1. The smallest absolute Gasteiger partial charge is 0.220 e. The van der Waals surface area contributed by atoms with Crippen LogP contribution in [0.1, 0.15) is 213 Å². The molecule has 1 saturated heterocycles. The van der Waals surface area contributed by atoms with Crippen molar-refractivity contribution in [1.29, 1.82) is 0 Å². The fourth-order valence-corrected chi connectivity index (χ4v) is 8.51. The molecule has 7 atom stereocenters. The highest BCUT2D eigenvalue weighted by Crippen LogP contribution is 2.22. The molecule has 1 amide bonds. The van der Waals surface area contributed by atoms with E-state index in [1.165, 1.54) is 77.0 Å². The molecule has 0 aliphatic carbocycles. The largest absolute Gasteiger partial charge is 0.394 e. The SMILES string of the molecule is CC/C=C\C/C=C\C/C=C\C/C=C\C/C=C\C/C=C\C/C=C\C/C=C\C/C=C\C/C=C\CCCCC(=O)NC(COC1OC(CO)C(O)C(O)C1O)C(O)/C=C/CC/C=C/CC/C=C/CCCCCCCCCCCCCC. The summed E-state index contributed by atoms with van der Waals surface area (Å²) in [6.07, 6.45) is 81.7. The minimum Gasteiger partial charge on any atom is -0.394 e. The maximum absolute atomic E-state index is 13.1. The van der Waals surface area contributed by atoms with E-state index in [0.717, 1.165) is 103 Å². The Balaban J connectivity index is 2.31. The third kappa shape index (κ3) is 44.6. The first kappa shape index (κ1) is 71.8. The number of aliphatic hydroxyl groups is 5. The van der Waals surface area contributed by atoms with Gasteiger partial charge in [-0.15, -0.1) is 0 Å². The van der Waals surface area contributed by atoms with Crippen LogP contribution in [-0.2, 0) is 14.3 Å². The lowest BCUT2D eigenvalue weighted by Crippen LogP contribution is -2.60. The number of aliphatic hydroxyl groups excluding tert-OH is 5. The molecule has 1 heterocycles. The van der Waals surface area contributed by atoms with Crippen molar-refractivity contribution in [3.05, 3.63) is 158 Å². The first-order valence-electron chi connectivity index (χ1n) is 30.7. The monoisotopic (exact) mass is 1080 g/mol. The first-order valence-corrected chi connectivity index (χ1v) is 30.7. The maximum Gasteiger partial charge on any atom is 0.220 e. The van der Waals surface area contributed by atoms with E-state index in [4.69, 9.17) is 9.47 Å². The van der Waals surface area contributed by atoms with Crippen LogP contribution in [0.4, 0.5) is 0 Å². The number of carbonyl (C=O) groups is 1. The molecule has 0 aromatic rings. The molecule has 440 valence electrons. The van der Waals surface area contributed by atoms with Crippen LogP contribution in [0.3, 0.4) is 0 Å². The van der Waals surface area contributed by atoms with Gasteiger partial charge in [-0.3, -0.25) is 4.79 Å². The zero-order valence-corrected chi connectivity index (χ0v) is 48.8. The van der Waals surface area contributed by atoms with E-state index in [2.05, 4.69) is 165 Å². The van der Waals surface area contributed by atoms with Crippen LogP contribution in [-0.4, -0.2) is 87.5 Å². The highest BCUT2D eigenvalue weighted by Gasteiger charge is 2.44. The Morgan fingerprint density at radius 2 is 0.808 bits per heavy atom. The van der Waals surface area contributed by atoms with Gasteiger partial charge in [0.15, 0.2) is 6.29 Å². The van der Waals surface area contributed by atoms with Crippen molar-refractivity contribution < 1.29 is 39.8 Å². The quantitative estimate of drug-likeness (QED) is 0.0261. The molecule has 78 heavy (non-hydrogen) atoms. The van der Waals surface area contributed by atoms with Gasteiger partial charge in [-0.05, 0) is 122 Å². The molecule has 0 saturated carbocycles.